The van der Waals surface area contributed by atoms with E-state index in [0.717, 1.165) is 33.2 Å². The van der Waals surface area contributed by atoms with Gasteiger partial charge in [0.2, 0.25) is 5.91 Å². The van der Waals surface area contributed by atoms with Crippen molar-refractivity contribution in [2.75, 3.05) is 5.32 Å². The van der Waals surface area contributed by atoms with Gasteiger partial charge in [-0.15, -0.1) is 0 Å². The number of nitrogens with one attached hydrogen (secondary N) is 1. The number of halogens is 1. The molecule has 3 aromatic carbocycles. The van der Waals surface area contributed by atoms with Crippen molar-refractivity contribution in [1.29, 1.82) is 0 Å². The number of aryl methyl sites for hydroxylation is 2. The molecule has 38 heavy (non-hydrogen) atoms. The fourth-order valence-electron chi connectivity index (χ4n) is 4.16. The molecule has 0 atom stereocenters. The number of benzene rings is 3. The molecule has 1 amide bonds. The van der Waals surface area contributed by atoms with Crippen molar-refractivity contribution in [2.24, 2.45) is 0 Å². The highest BCUT2D eigenvalue weighted by molar-refractivity contribution is 6.34. The Balaban J connectivity index is 1.69. The summed E-state index contributed by atoms with van der Waals surface area (Å²) in [5.74, 6) is -1.35. The number of pyridine rings is 1. The minimum absolute atomic E-state index is 0.0701. The Morgan fingerprint density at radius 2 is 1.63 bits per heavy atom. The second kappa shape index (κ2) is 11.3. The number of rotatable bonds is 6. The van der Waals surface area contributed by atoms with Crippen LogP contribution in [0.2, 0.25) is 5.02 Å². The smallest absolute Gasteiger partial charge is 0.308 e. The topological polar surface area (TPSA) is 94.6 Å². The van der Waals surface area contributed by atoms with Crippen LogP contribution in [0.15, 0.2) is 66.9 Å². The first kappa shape index (κ1) is 26.6. The van der Waals surface area contributed by atoms with E-state index in [2.05, 4.69) is 16.4 Å². The van der Waals surface area contributed by atoms with Gasteiger partial charge < -0.3 is 14.8 Å². The van der Waals surface area contributed by atoms with Crippen LogP contribution in [-0.4, -0.2) is 22.8 Å². The monoisotopic (exact) mass is 528 g/mol. The number of aromatic nitrogens is 1. The van der Waals surface area contributed by atoms with Gasteiger partial charge in [0.1, 0.15) is 0 Å². The molecule has 0 radical (unpaired) electrons. The highest BCUT2D eigenvalue weighted by Gasteiger charge is 2.17. The molecule has 0 unspecified atom stereocenters. The van der Waals surface area contributed by atoms with E-state index in [1.807, 2.05) is 38.1 Å². The van der Waals surface area contributed by atoms with Gasteiger partial charge in [0.15, 0.2) is 11.5 Å². The molecular weight excluding hydrogens is 504 g/mol. The van der Waals surface area contributed by atoms with Crippen molar-refractivity contribution in [3.05, 3.63) is 88.6 Å². The predicted octanol–water partition coefficient (Wildman–Crippen LogP) is 6.67. The highest BCUT2D eigenvalue weighted by atomic mass is 35.5. The van der Waals surface area contributed by atoms with Crippen LogP contribution in [0.25, 0.3) is 28.1 Å². The lowest BCUT2D eigenvalue weighted by molar-refractivity contribution is -0.134. The summed E-state index contributed by atoms with van der Waals surface area (Å²) < 4.78 is 10.2. The lowest BCUT2D eigenvalue weighted by atomic mass is 9.96. The normalized spacial score (nSPS) is 11.0. The van der Waals surface area contributed by atoms with Crippen molar-refractivity contribution in [2.45, 2.75) is 27.7 Å². The average molecular weight is 529 g/mol. The van der Waals surface area contributed by atoms with Crippen LogP contribution in [0, 0.1) is 13.8 Å². The molecule has 192 valence electrons. The number of hydrogen-bond acceptors (Lipinski definition) is 6. The fraction of sp³-hybridized carbons (Fsp3) is 0.133. The van der Waals surface area contributed by atoms with Crippen LogP contribution < -0.4 is 14.8 Å². The third kappa shape index (κ3) is 6.07. The van der Waals surface area contributed by atoms with Crippen molar-refractivity contribution in [1.82, 2.24) is 4.98 Å². The van der Waals surface area contributed by atoms with E-state index in [0.29, 0.717) is 16.3 Å². The molecule has 0 bridgehead atoms. The number of ether oxygens (including phenoxy) is 2. The molecule has 1 N–H and O–H groups in total. The predicted molar refractivity (Wildman–Crippen MR) is 148 cm³/mol. The second-order valence-electron chi connectivity index (χ2n) is 8.72. The Bertz CT molecular complexity index is 1610. The first-order valence-corrected chi connectivity index (χ1v) is 12.1. The van der Waals surface area contributed by atoms with Crippen LogP contribution in [0.1, 0.15) is 30.5 Å². The van der Waals surface area contributed by atoms with E-state index in [9.17, 15) is 14.4 Å². The van der Waals surface area contributed by atoms with Crippen molar-refractivity contribution in [3.63, 3.8) is 0 Å². The Morgan fingerprint density at radius 1 is 0.921 bits per heavy atom. The first-order chi connectivity index (χ1) is 18.1. The molecule has 0 fully saturated rings. The Labute approximate surface area is 225 Å². The number of hydrogen-bond donors (Lipinski definition) is 1. The molecule has 1 aromatic heterocycles. The Hall–Kier alpha value is -4.49. The summed E-state index contributed by atoms with van der Waals surface area (Å²) in [6.45, 7) is 6.49. The number of fused-ring (bicyclic) bond motifs is 1. The van der Waals surface area contributed by atoms with E-state index in [-0.39, 0.29) is 11.5 Å². The van der Waals surface area contributed by atoms with Crippen LogP contribution in [0.4, 0.5) is 5.69 Å². The van der Waals surface area contributed by atoms with E-state index in [1.165, 1.54) is 32.1 Å². The van der Waals surface area contributed by atoms with Crippen molar-refractivity contribution in [3.8, 4) is 22.6 Å². The molecule has 0 aliphatic rings. The third-order valence-corrected chi connectivity index (χ3v) is 5.94. The van der Waals surface area contributed by atoms with Crippen LogP contribution in [0.3, 0.4) is 0 Å². The largest absolute Gasteiger partial charge is 0.423 e. The number of nitrogens with zero attached hydrogens (tertiary/aromatic N) is 1. The van der Waals surface area contributed by atoms with Gasteiger partial charge in [0.25, 0.3) is 0 Å². The summed E-state index contributed by atoms with van der Waals surface area (Å²) >= 11 is 6.57. The summed E-state index contributed by atoms with van der Waals surface area (Å²) in [6.07, 6.45) is 4.53. The number of esters is 2. The van der Waals surface area contributed by atoms with Crippen LogP contribution in [0.5, 0.6) is 11.5 Å². The van der Waals surface area contributed by atoms with Gasteiger partial charge in [-0.1, -0.05) is 47.5 Å². The summed E-state index contributed by atoms with van der Waals surface area (Å²) in [5.41, 5.74) is 5.53. The zero-order valence-electron chi connectivity index (χ0n) is 21.3. The van der Waals surface area contributed by atoms with E-state index in [1.54, 1.807) is 24.4 Å². The SMILES string of the molecule is CC(=O)Oc1ccc(/C=C/C(=O)Nc2cnc3c(C)cc(C)cc3c2-c2ccccc2Cl)cc1OC(C)=O. The van der Waals surface area contributed by atoms with Crippen molar-refractivity contribution < 1.29 is 23.9 Å². The maximum absolute atomic E-state index is 13.0. The number of amides is 1. The fourth-order valence-corrected chi connectivity index (χ4v) is 4.39. The van der Waals surface area contributed by atoms with E-state index >= 15 is 0 Å². The maximum Gasteiger partial charge on any atom is 0.308 e. The Kier molecular flexibility index (Phi) is 7.88. The lowest BCUT2D eigenvalue weighted by Crippen LogP contribution is -2.10. The number of anilines is 1. The minimum atomic E-state index is -0.571. The molecule has 0 saturated heterocycles. The van der Waals surface area contributed by atoms with E-state index in [4.69, 9.17) is 21.1 Å². The highest BCUT2D eigenvalue weighted by Crippen LogP contribution is 2.39. The molecule has 7 nitrogen and oxygen atoms in total. The lowest BCUT2D eigenvalue weighted by Gasteiger charge is -2.16. The van der Waals surface area contributed by atoms with Gasteiger partial charge in [0.05, 0.1) is 17.4 Å². The number of carbonyl (C=O) groups excluding carboxylic acids is 3. The molecule has 0 aliphatic carbocycles. The molecule has 4 aromatic rings. The summed E-state index contributed by atoms with van der Waals surface area (Å²) in [5, 5.41) is 4.35. The van der Waals surface area contributed by atoms with E-state index < -0.39 is 17.8 Å². The average Bonchev–Trinajstić information content (AvgIpc) is 2.84. The number of carbonyl (C=O) groups is 3. The van der Waals surface area contributed by atoms with Gasteiger partial charge in [-0.3, -0.25) is 19.4 Å². The van der Waals surface area contributed by atoms with Gasteiger partial charge in [-0.2, -0.15) is 0 Å². The molecule has 4 rings (SSSR count). The van der Waals surface area contributed by atoms with Crippen molar-refractivity contribution >= 4 is 52.1 Å². The summed E-state index contributed by atoms with van der Waals surface area (Å²) in [4.78, 5) is 40.4. The standard InChI is InChI=1S/C30H25ClN2O5/c1-17-13-18(2)30-23(14-17)29(22-7-5-6-8-24(22)31)25(16-32-30)33-28(36)12-10-21-9-11-26(37-19(3)34)27(15-21)38-20(4)35/h5-16H,1-4H3,(H,33,36)/b12-10+. The van der Waals surface area contributed by atoms with Gasteiger partial charge in [-0.05, 0) is 55.3 Å². The zero-order chi connectivity index (χ0) is 27.4. The Morgan fingerprint density at radius 3 is 2.34 bits per heavy atom. The van der Waals surface area contributed by atoms with Gasteiger partial charge in [0, 0.05) is 41.5 Å². The summed E-state index contributed by atoms with van der Waals surface area (Å²) in [7, 11) is 0. The molecule has 1 heterocycles. The molecule has 0 saturated carbocycles. The molecule has 0 spiro atoms. The first-order valence-electron chi connectivity index (χ1n) is 11.8. The quantitative estimate of drug-likeness (QED) is 0.170. The van der Waals surface area contributed by atoms with Gasteiger partial charge >= 0.3 is 11.9 Å². The maximum atomic E-state index is 13.0. The van der Waals surface area contributed by atoms with Crippen LogP contribution in [-0.2, 0) is 14.4 Å². The molecule has 8 heteroatoms. The third-order valence-electron chi connectivity index (χ3n) is 5.61. The second-order valence-corrected chi connectivity index (χ2v) is 9.13. The summed E-state index contributed by atoms with van der Waals surface area (Å²) in [6, 6.07) is 16.2. The zero-order valence-corrected chi connectivity index (χ0v) is 22.1. The molecule has 0 aliphatic heterocycles. The minimum Gasteiger partial charge on any atom is -0.423 e. The van der Waals surface area contributed by atoms with Crippen LogP contribution >= 0.6 is 11.6 Å². The van der Waals surface area contributed by atoms with Gasteiger partial charge in [-0.25, -0.2) is 0 Å². The molecular formula is C30H25ClN2O5.